The number of pyridine rings is 1. The van der Waals surface area contributed by atoms with Crippen LogP contribution in [0.4, 0.5) is 4.39 Å². The summed E-state index contributed by atoms with van der Waals surface area (Å²) in [6.45, 7) is 4.58. The number of fused-ring (bicyclic) bond motifs is 1. The maximum Gasteiger partial charge on any atom is 0.271 e. The summed E-state index contributed by atoms with van der Waals surface area (Å²) in [5.41, 5.74) is 2.21. The second kappa shape index (κ2) is 7.22. The van der Waals surface area contributed by atoms with Gasteiger partial charge in [-0.2, -0.15) is 5.10 Å². The quantitative estimate of drug-likeness (QED) is 0.636. The molecular weight excluding hydrogens is 339 g/mol. The van der Waals surface area contributed by atoms with Gasteiger partial charge in [-0.3, -0.25) is 14.8 Å². The van der Waals surface area contributed by atoms with Crippen LogP contribution in [0.3, 0.4) is 0 Å². The predicted molar refractivity (Wildman–Crippen MR) is 93.2 cm³/mol. The summed E-state index contributed by atoms with van der Waals surface area (Å²) in [6.07, 6.45) is 1.16. The minimum absolute atomic E-state index is 0.235. The molecule has 0 atom stereocenters. The predicted octanol–water partition coefficient (Wildman–Crippen LogP) is 1.15. The lowest BCUT2D eigenvalue weighted by Gasteiger charge is -2.26. The van der Waals surface area contributed by atoms with Gasteiger partial charge < -0.3 is 15.0 Å². The monoisotopic (exact) mass is 358 g/mol. The fraction of sp³-hybridized carbons (Fsp3) is 0.353. The number of ether oxygens (including phenoxy) is 1. The average Bonchev–Trinajstić information content (AvgIpc) is 3.29. The van der Waals surface area contributed by atoms with E-state index in [4.69, 9.17) is 4.74 Å². The van der Waals surface area contributed by atoms with Gasteiger partial charge in [0.2, 0.25) is 0 Å². The number of halogens is 1. The molecule has 0 aliphatic carbocycles. The Hall–Kier alpha value is -2.78. The number of morpholine rings is 1. The number of H-pyrrole nitrogens is 2. The SMILES string of the molecule is O=C(NCCN1CCOCC1)c1cc(-c2cc3cc(F)cnc3[nH]2)[nH]n1. The van der Waals surface area contributed by atoms with Crippen LogP contribution < -0.4 is 5.32 Å². The van der Waals surface area contributed by atoms with Crippen molar-refractivity contribution in [1.82, 2.24) is 30.4 Å². The van der Waals surface area contributed by atoms with E-state index in [1.807, 2.05) is 0 Å². The van der Waals surface area contributed by atoms with Gasteiger partial charge in [-0.25, -0.2) is 9.37 Å². The van der Waals surface area contributed by atoms with Crippen molar-refractivity contribution in [3.8, 4) is 11.4 Å². The maximum atomic E-state index is 13.3. The van der Waals surface area contributed by atoms with Crippen LogP contribution in [0, 0.1) is 5.82 Å². The fourth-order valence-electron chi connectivity index (χ4n) is 2.95. The van der Waals surface area contributed by atoms with Crippen LogP contribution in [-0.2, 0) is 4.74 Å². The van der Waals surface area contributed by atoms with Crippen molar-refractivity contribution in [3.63, 3.8) is 0 Å². The highest BCUT2D eigenvalue weighted by Crippen LogP contribution is 2.22. The van der Waals surface area contributed by atoms with E-state index in [1.54, 1.807) is 12.1 Å². The molecule has 1 saturated heterocycles. The van der Waals surface area contributed by atoms with Crippen LogP contribution in [0.5, 0.6) is 0 Å². The van der Waals surface area contributed by atoms with E-state index in [-0.39, 0.29) is 5.91 Å². The first kappa shape index (κ1) is 16.7. The third-order valence-corrected chi connectivity index (χ3v) is 4.35. The maximum absolute atomic E-state index is 13.3. The minimum atomic E-state index is -0.395. The van der Waals surface area contributed by atoms with E-state index >= 15 is 0 Å². The Morgan fingerprint density at radius 2 is 2.12 bits per heavy atom. The molecule has 1 amide bonds. The summed E-state index contributed by atoms with van der Waals surface area (Å²) in [5, 5.41) is 10.4. The molecule has 0 aromatic carbocycles. The topological polar surface area (TPSA) is 98.9 Å². The highest BCUT2D eigenvalue weighted by Gasteiger charge is 2.14. The molecule has 4 heterocycles. The molecule has 1 fully saturated rings. The van der Waals surface area contributed by atoms with Crippen molar-refractivity contribution >= 4 is 16.9 Å². The Morgan fingerprint density at radius 3 is 2.96 bits per heavy atom. The molecule has 0 spiro atoms. The van der Waals surface area contributed by atoms with E-state index < -0.39 is 5.82 Å². The molecular formula is C17H19FN6O2. The number of nitrogens with zero attached hydrogens (tertiary/aromatic N) is 3. The van der Waals surface area contributed by atoms with Gasteiger partial charge in [-0.05, 0) is 18.2 Å². The van der Waals surface area contributed by atoms with Crippen molar-refractivity contribution in [3.05, 3.63) is 35.9 Å². The standard InChI is InChI=1S/C17H19FN6O2/c18-12-7-11-8-13(21-16(11)20-10-12)14-9-15(23-22-14)17(25)19-1-2-24-3-5-26-6-4-24/h7-10H,1-6H2,(H,19,25)(H,20,21)(H,22,23). The molecule has 3 N–H and O–H groups in total. The normalized spacial score (nSPS) is 15.4. The molecule has 8 nitrogen and oxygen atoms in total. The largest absolute Gasteiger partial charge is 0.379 e. The van der Waals surface area contributed by atoms with Crippen molar-refractivity contribution in [2.24, 2.45) is 0 Å². The minimum Gasteiger partial charge on any atom is -0.379 e. The molecule has 1 aliphatic rings. The number of aromatic amines is 2. The van der Waals surface area contributed by atoms with Gasteiger partial charge in [0.25, 0.3) is 5.91 Å². The Labute approximate surface area is 148 Å². The number of carbonyl (C=O) groups excluding carboxylic acids is 1. The molecule has 3 aromatic rings. The third kappa shape index (κ3) is 3.58. The first-order valence-electron chi connectivity index (χ1n) is 8.47. The molecule has 136 valence electrons. The number of rotatable bonds is 5. The molecule has 0 radical (unpaired) electrons. The van der Waals surface area contributed by atoms with Gasteiger partial charge >= 0.3 is 0 Å². The summed E-state index contributed by atoms with van der Waals surface area (Å²) in [6, 6.07) is 4.82. The average molecular weight is 358 g/mol. The van der Waals surface area contributed by atoms with Crippen molar-refractivity contribution in [2.75, 3.05) is 39.4 Å². The smallest absolute Gasteiger partial charge is 0.271 e. The van der Waals surface area contributed by atoms with Crippen LogP contribution >= 0.6 is 0 Å². The molecule has 4 rings (SSSR count). The lowest BCUT2D eigenvalue weighted by atomic mass is 10.2. The Bertz CT molecular complexity index is 915. The zero-order valence-corrected chi connectivity index (χ0v) is 14.1. The number of hydrogen-bond acceptors (Lipinski definition) is 5. The molecule has 26 heavy (non-hydrogen) atoms. The molecule has 0 bridgehead atoms. The second-order valence-corrected chi connectivity index (χ2v) is 6.15. The Balaban J connectivity index is 1.39. The number of hydrogen-bond donors (Lipinski definition) is 3. The summed E-state index contributed by atoms with van der Waals surface area (Å²) in [7, 11) is 0. The third-order valence-electron chi connectivity index (χ3n) is 4.35. The molecule has 3 aromatic heterocycles. The summed E-state index contributed by atoms with van der Waals surface area (Å²) in [4.78, 5) is 21.6. The number of carbonyl (C=O) groups is 1. The fourth-order valence-corrected chi connectivity index (χ4v) is 2.95. The van der Waals surface area contributed by atoms with Gasteiger partial charge in [0.05, 0.1) is 30.8 Å². The van der Waals surface area contributed by atoms with Gasteiger partial charge in [-0.1, -0.05) is 0 Å². The first-order valence-corrected chi connectivity index (χ1v) is 8.47. The Kier molecular flexibility index (Phi) is 4.63. The van der Waals surface area contributed by atoms with Crippen LogP contribution in [0.15, 0.2) is 24.4 Å². The highest BCUT2D eigenvalue weighted by molar-refractivity contribution is 5.93. The van der Waals surface area contributed by atoms with Crippen molar-refractivity contribution in [2.45, 2.75) is 0 Å². The summed E-state index contributed by atoms with van der Waals surface area (Å²) < 4.78 is 18.5. The number of aromatic nitrogens is 4. The zero-order valence-electron chi connectivity index (χ0n) is 14.1. The summed E-state index contributed by atoms with van der Waals surface area (Å²) >= 11 is 0. The van der Waals surface area contributed by atoms with E-state index in [1.165, 1.54) is 6.07 Å². The van der Waals surface area contributed by atoms with Crippen molar-refractivity contribution < 1.29 is 13.9 Å². The Morgan fingerprint density at radius 1 is 1.27 bits per heavy atom. The first-order chi connectivity index (χ1) is 12.7. The van der Waals surface area contributed by atoms with E-state index in [2.05, 4.69) is 30.4 Å². The molecule has 9 heteroatoms. The molecule has 0 saturated carbocycles. The van der Waals surface area contributed by atoms with Crippen LogP contribution in [0.1, 0.15) is 10.5 Å². The van der Waals surface area contributed by atoms with Gasteiger partial charge in [0.1, 0.15) is 11.5 Å². The number of nitrogens with one attached hydrogen (secondary N) is 3. The summed E-state index contributed by atoms with van der Waals surface area (Å²) in [5.74, 6) is -0.631. The lowest BCUT2D eigenvalue weighted by Crippen LogP contribution is -2.41. The van der Waals surface area contributed by atoms with Gasteiger partial charge in [-0.15, -0.1) is 0 Å². The van der Waals surface area contributed by atoms with Crippen LogP contribution in [-0.4, -0.2) is 70.4 Å². The van der Waals surface area contributed by atoms with Gasteiger partial charge in [0.15, 0.2) is 5.69 Å². The van der Waals surface area contributed by atoms with E-state index in [0.29, 0.717) is 34.7 Å². The second-order valence-electron chi connectivity index (χ2n) is 6.15. The van der Waals surface area contributed by atoms with E-state index in [0.717, 1.165) is 39.0 Å². The zero-order chi connectivity index (χ0) is 17.9. The van der Waals surface area contributed by atoms with Crippen molar-refractivity contribution in [1.29, 1.82) is 0 Å². The lowest BCUT2D eigenvalue weighted by molar-refractivity contribution is 0.0383. The highest BCUT2D eigenvalue weighted by atomic mass is 19.1. The molecule has 0 unspecified atom stereocenters. The van der Waals surface area contributed by atoms with Gasteiger partial charge in [0, 0.05) is 31.6 Å². The number of amides is 1. The molecule has 1 aliphatic heterocycles. The van der Waals surface area contributed by atoms with Crippen LogP contribution in [0.2, 0.25) is 0 Å². The van der Waals surface area contributed by atoms with E-state index in [9.17, 15) is 9.18 Å². The van der Waals surface area contributed by atoms with Crippen LogP contribution in [0.25, 0.3) is 22.4 Å².